The van der Waals surface area contributed by atoms with Crippen LogP contribution in [0.5, 0.6) is 29.0 Å². The van der Waals surface area contributed by atoms with Crippen molar-refractivity contribution < 1.29 is 41.4 Å². The minimum atomic E-state index is -3.13. The largest absolute Gasteiger partial charge is 0.436 e. The van der Waals surface area contributed by atoms with E-state index in [4.69, 9.17) is 9.47 Å². The minimum Gasteiger partial charge on any atom is -0.436 e. The Morgan fingerprint density at radius 1 is 1.00 bits per heavy atom. The number of hydrogen-bond donors (Lipinski definition) is 1. The number of alkyl halides is 3. The van der Waals surface area contributed by atoms with Gasteiger partial charge in [-0.25, -0.2) is 4.39 Å². The third-order valence-electron chi connectivity index (χ3n) is 3.99. The maximum Gasteiger partial charge on any atom is 0.387 e. The van der Waals surface area contributed by atoms with Crippen LogP contribution in [0.3, 0.4) is 0 Å². The quantitative estimate of drug-likeness (QED) is 0.264. The fourth-order valence-corrected chi connectivity index (χ4v) is 2.59. The second kappa shape index (κ2) is 11.4. The van der Waals surface area contributed by atoms with Gasteiger partial charge >= 0.3 is 6.61 Å². The third kappa shape index (κ3) is 5.88. The van der Waals surface area contributed by atoms with Crippen LogP contribution in [0.1, 0.15) is 5.56 Å². The summed E-state index contributed by atoms with van der Waals surface area (Å²) in [6, 6.07) is 11.2. The average Bonchev–Trinajstić information content (AvgIpc) is 2.83. The number of ether oxygens (including phenoxy) is 3. The van der Waals surface area contributed by atoms with E-state index in [1.807, 2.05) is 0 Å². The van der Waals surface area contributed by atoms with E-state index in [9.17, 15) is 18.0 Å². The first-order valence-electron chi connectivity index (χ1n) is 9.42. The Morgan fingerprint density at radius 3 is 2.21 bits per heavy atom. The standard InChI is InChI=1S/C21H16F4N4O5/c1-26-18(30)17(29-31-10-22)12-6-2-3-7-13(12)32-19-16(23)20(28-11-27-19)33-14-8-4-5-9-15(14)34-21(24)25/h2-9,11,21H,10H2,1H3,(H,26,30)/b29-17+. The smallest absolute Gasteiger partial charge is 0.387 e. The first-order valence-corrected chi connectivity index (χ1v) is 9.42. The molecule has 0 spiro atoms. The first kappa shape index (κ1) is 24.2. The normalized spacial score (nSPS) is 11.2. The predicted molar refractivity (Wildman–Crippen MR) is 109 cm³/mol. The molecule has 0 aliphatic rings. The molecule has 0 atom stereocenters. The van der Waals surface area contributed by atoms with Crippen LogP contribution in [0.4, 0.5) is 17.6 Å². The van der Waals surface area contributed by atoms with Crippen LogP contribution >= 0.6 is 0 Å². The molecule has 0 saturated carbocycles. The maximum absolute atomic E-state index is 15.1. The molecule has 13 heteroatoms. The van der Waals surface area contributed by atoms with E-state index in [1.165, 1.54) is 55.6 Å². The maximum atomic E-state index is 15.1. The molecule has 1 amide bonds. The van der Waals surface area contributed by atoms with Gasteiger partial charge in [-0.1, -0.05) is 29.4 Å². The fraction of sp³-hybridized carbons (Fsp3) is 0.143. The van der Waals surface area contributed by atoms with E-state index in [0.717, 1.165) is 6.33 Å². The zero-order valence-electron chi connectivity index (χ0n) is 17.4. The third-order valence-corrected chi connectivity index (χ3v) is 3.99. The summed E-state index contributed by atoms with van der Waals surface area (Å²) >= 11 is 0. The van der Waals surface area contributed by atoms with Crippen molar-refractivity contribution in [2.24, 2.45) is 5.16 Å². The number of aromatic nitrogens is 2. The molecule has 1 aromatic heterocycles. The lowest BCUT2D eigenvalue weighted by Gasteiger charge is -2.14. The predicted octanol–water partition coefficient (Wildman–Crippen LogP) is 4.20. The number of para-hydroxylation sites is 3. The van der Waals surface area contributed by atoms with Gasteiger partial charge in [-0.3, -0.25) is 4.79 Å². The van der Waals surface area contributed by atoms with Crippen LogP contribution in [0.15, 0.2) is 60.0 Å². The van der Waals surface area contributed by atoms with Gasteiger partial charge in [-0.05, 0) is 24.3 Å². The summed E-state index contributed by atoms with van der Waals surface area (Å²) in [5.41, 5.74) is -0.314. The lowest BCUT2D eigenvalue weighted by molar-refractivity contribution is -0.114. The summed E-state index contributed by atoms with van der Waals surface area (Å²) in [6.45, 7) is -4.42. The Morgan fingerprint density at radius 2 is 1.59 bits per heavy atom. The Kier molecular flexibility index (Phi) is 8.16. The fourth-order valence-electron chi connectivity index (χ4n) is 2.59. The molecule has 9 nitrogen and oxygen atoms in total. The van der Waals surface area contributed by atoms with Crippen molar-refractivity contribution in [1.82, 2.24) is 15.3 Å². The van der Waals surface area contributed by atoms with Crippen molar-refractivity contribution in [3.63, 3.8) is 0 Å². The molecule has 0 saturated heterocycles. The number of rotatable bonds is 10. The minimum absolute atomic E-state index is 0.0338. The molecule has 0 aliphatic carbocycles. The Labute approximate surface area is 189 Å². The summed E-state index contributed by atoms with van der Waals surface area (Å²) < 4.78 is 67.9. The molecule has 178 valence electrons. The lowest BCUT2D eigenvalue weighted by Crippen LogP contribution is -2.29. The van der Waals surface area contributed by atoms with Gasteiger partial charge < -0.3 is 24.4 Å². The molecule has 3 aromatic rings. The Bertz CT molecular complexity index is 1180. The molecule has 34 heavy (non-hydrogen) atoms. The molecule has 1 heterocycles. The highest BCUT2D eigenvalue weighted by atomic mass is 19.3. The Hall–Kier alpha value is -4.42. The van der Waals surface area contributed by atoms with E-state index < -0.39 is 37.0 Å². The van der Waals surface area contributed by atoms with Crippen molar-refractivity contribution >= 4 is 11.6 Å². The van der Waals surface area contributed by atoms with Gasteiger partial charge in [0.2, 0.25) is 5.82 Å². The lowest BCUT2D eigenvalue weighted by atomic mass is 10.1. The highest BCUT2D eigenvalue weighted by molar-refractivity contribution is 6.45. The Balaban J connectivity index is 1.94. The number of nitrogens with zero attached hydrogens (tertiary/aromatic N) is 3. The number of amides is 1. The van der Waals surface area contributed by atoms with E-state index in [2.05, 4.69) is 30.0 Å². The summed E-state index contributed by atoms with van der Waals surface area (Å²) in [4.78, 5) is 23.9. The average molecular weight is 480 g/mol. The summed E-state index contributed by atoms with van der Waals surface area (Å²) in [7, 11) is 1.32. The van der Waals surface area contributed by atoms with E-state index in [0.29, 0.717) is 0 Å². The number of carbonyl (C=O) groups excluding carboxylic acids is 1. The van der Waals surface area contributed by atoms with Crippen LogP contribution in [0.25, 0.3) is 0 Å². The number of carbonyl (C=O) groups is 1. The molecule has 1 N–H and O–H groups in total. The monoisotopic (exact) mass is 480 g/mol. The molecule has 0 bridgehead atoms. The molecule has 0 aliphatic heterocycles. The van der Waals surface area contributed by atoms with E-state index in [-0.39, 0.29) is 28.5 Å². The topological polar surface area (TPSA) is 104 Å². The second-order valence-corrected chi connectivity index (χ2v) is 6.08. The molecular weight excluding hydrogens is 464 g/mol. The second-order valence-electron chi connectivity index (χ2n) is 6.08. The van der Waals surface area contributed by atoms with Gasteiger partial charge in [0.1, 0.15) is 12.1 Å². The number of nitrogens with one attached hydrogen (secondary N) is 1. The molecule has 2 aromatic carbocycles. The zero-order valence-corrected chi connectivity index (χ0v) is 17.4. The van der Waals surface area contributed by atoms with Crippen molar-refractivity contribution in [2.45, 2.75) is 6.61 Å². The van der Waals surface area contributed by atoms with E-state index in [1.54, 1.807) is 0 Å². The number of halogens is 4. The highest BCUT2D eigenvalue weighted by Gasteiger charge is 2.22. The van der Waals surface area contributed by atoms with Crippen molar-refractivity contribution in [2.75, 3.05) is 13.9 Å². The van der Waals surface area contributed by atoms with Gasteiger partial charge in [0.25, 0.3) is 24.5 Å². The summed E-state index contributed by atoms with van der Waals surface area (Å²) in [5, 5.41) is 5.76. The molecule has 0 fully saturated rings. The SMILES string of the molecule is CNC(=O)/C(=N/OCF)c1ccccc1Oc1ncnc(Oc2ccccc2OC(F)F)c1F. The van der Waals surface area contributed by atoms with Crippen molar-refractivity contribution in [1.29, 1.82) is 0 Å². The number of likely N-dealkylation sites (N-methyl/N-ethyl adjacent to an activating group) is 1. The molecular formula is C21H16F4N4O5. The van der Waals surface area contributed by atoms with Gasteiger partial charge in [0, 0.05) is 7.05 Å². The van der Waals surface area contributed by atoms with Gasteiger partial charge in [-0.2, -0.15) is 23.1 Å². The summed E-state index contributed by atoms with van der Waals surface area (Å²) in [6.07, 6.45) is 0.910. The number of hydrogen-bond acceptors (Lipinski definition) is 8. The molecule has 3 rings (SSSR count). The van der Waals surface area contributed by atoms with Gasteiger partial charge in [0.05, 0.1) is 5.56 Å². The molecule has 0 radical (unpaired) electrons. The number of oxime groups is 1. The number of benzene rings is 2. The van der Waals surface area contributed by atoms with E-state index >= 15 is 4.39 Å². The van der Waals surface area contributed by atoms with Gasteiger partial charge in [-0.15, -0.1) is 0 Å². The highest BCUT2D eigenvalue weighted by Crippen LogP contribution is 2.35. The van der Waals surface area contributed by atoms with Crippen LogP contribution in [0.2, 0.25) is 0 Å². The van der Waals surface area contributed by atoms with Crippen LogP contribution in [-0.2, 0) is 9.63 Å². The van der Waals surface area contributed by atoms with Gasteiger partial charge in [0.15, 0.2) is 17.2 Å². The van der Waals surface area contributed by atoms with Crippen LogP contribution in [0, 0.1) is 5.82 Å². The van der Waals surface area contributed by atoms with Crippen LogP contribution in [-0.4, -0.2) is 42.1 Å². The molecule has 0 unspecified atom stereocenters. The zero-order chi connectivity index (χ0) is 24.5. The summed E-state index contributed by atoms with van der Waals surface area (Å²) in [5.74, 6) is -3.83. The van der Waals surface area contributed by atoms with Crippen molar-refractivity contribution in [3.05, 3.63) is 66.2 Å². The van der Waals surface area contributed by atoms with Crippen LogP contribution < -0.4 is 19.5 Å². The van der Waals surface area contributed by atoms with Crippen molar-refractivity contribution in [3.8, 4) is 29.0 Å². The first-order chi connectivity index (χ1) is 16.4.